The predicted molar refractivity (Wildman–Crippen MR) is 66.4 cm³/mol. The van der Waals surface area contributed by atoms with Crippen molar-refractivity contribution >= 4 is 12.0 Å². The molecule has 0 bridgehead atoms. The molecule has 0 aromatic heterocycles. The van der Waals surface area contributed by atoms with Crippen molar-refractivity contribution in [1.29, 1.82) is 0 Å². The molecular weight excluding hydrogens is 236 g/mol. The number of hydrogen-bond donors (Lipinski definition) is 2. The molecule has 0 spiro atoms. The summed E-state index contributed by atoms with van der Waals surface area (Å²) in [6, 6.07) is -0.131. The number of amides is 2. The minimum absolute atomic E-state index is 0.00934. The second-order valence-electron chi connectivity index (χ2n) is 4.69. The molecule has 1 aliphatic heterocycles. The highest BCUT2D eigenvalue weighted by Crippen LogP contribution is 2.08. The van der Waals surface area contributed by atoms with Crippen LogP contribution in [0.3, 0.4) is 0 Å². The number of carbonyl (C=O) groups excluding carboxylic acids is 1. The van der Waals surface area contributed by atoms with Crippen LogP contribution in [0.2, 0.25) is 0 Å². The van der Waals surface area contributed by atoms with Crippen LogP contribution in [0.25, 0.3) is 0 Å². The van der Waals surface area contributed by atoms with Crippen LogP contribution in [-0.2, 0) is 9.53 Å². The Balaban J connectivity index is 2.32. The minimum atomic E-state index is -0.823. The number of ether oxygens (including phenoxy) is 1. The number of carbonyl (C=O) groups is 2. The van der Waals surface area contributed by atoms with Gasteiger partial charge < -0.3 is 20.1 Å². The lowest BCUT2D eigenvalue weighted by molar-refractivity contribution is -0.138. The smallest absolute Gasteiger partial charge is 0.317 e. The largest absolute Gasteiger partial charge is 0.481 e. The summed E-state index contributed by atoms with van der Waals surface area (Å²) in [6.07, 6.45) is 0.896. The van der Waals surface area contributed by atoms with Crippen LogP contribution in [0.1, 0.15) is 26.7 Å². The van der Waals surface area contributed by atoms with E-state index in [0.717, 1.165) is 6.42 Å². The molecule has 1 saturated heterocycles. The van der Waals surface area contributed by atoms with Gasteiger partial charge in [0.2, 0.25) is 0 Å². The Labute approximate surface area is 107 Å². The lowest BCUT2D eigenvalue weighted by Crippen LogP contribution is -2.49. The van der Waals surface area contributed by atoms with Crippen molar-refractivity contribution < 1.29 is 19.4 Å². The number of nitrogens with one attached hydrogen (secondary N) is 1. The van der Waals surface area contributed by atoms with Gasteiger partial charge in [-0.15, -0.1) is 0 Å². The van der Waals surface area contributed by atoms with Crippen LogP contribution < -0.4 is 5.32 Å². The third-order valence-corrected chi connectivity index (χ3v) is 3.11. The van der Waals surface area contributed by atoms with E-state index in [0.29, 0.717) is 26.2 Å². The van der Waals surface area contributed by atoms with Crippen LogP contribution in [0, 0.1) is 5.92 Å². The molecule has 6 nitrogen and oxygen atoms in total. The van der Waals surface area contributed by atoms with Crippen molar-refractivity contribution in [3.63, 3.8) is 0 Å². The Morgan fingerprint density at radius 3 is 2.83 bits per heavy atom. The van der Waals surface area contributed by atoms with Gasteiger partial charge in [0.05, 0.1) is 12.7 Å². The Hall–Kier alpha value is -1.30. The predicted octanol–water partition coefficient (Wildman–Crippen LogP) is 0.918. The Kier molecular flexibility index (Phi) is 5.91. The minimum Gasteiger partial charge on any atom is -0.481 e. The number of rotatable bonds is 5. The molecule has 0 aromatic rings. The summed E-state index contributed by atoms with van der Waals surface area (Å²) in [5.41, 5.74) is 0. The Morgan fingerprint density at radius 2 is 2.28 bits per heavy atom. The number of hydrogen-bond acceptors (Lipinski definition) is 3. The Morgan fingerprint density at radius 1 is 1.56 bits per heavy atom. The van der Waals surface area contributed by atoms with Gasteiger partial charge >= 0.3 is 12.0 Å². The molecule has 0 aromatic carbocycles. The molecule has 0 radical (unpaired) electrons. The Bertz CT molecular complexity index is 296. The molecular formula is C12H22N2O4. The fourth-order valence-corrected chi connectivity index (χ4v) is 1.95. The SMILES string of the molecule is CCC(CNC(=O)N1CCOC(C)C1)CC(=O)O. The van der Waals surface area contributed by atoms with Crippen molar-refractivity contribution in [1.82, 2.24) is 10.2 Å². The molecule has 0 saturated carbocycles. The first-order chi connectivity index (χ1) is 8.52. The maximum atomic E-state index is 11.9. The van der Waals surface area contributed by atoms with E-state index < -0.39 is 5.97 Å². The summed E-state index contributed by atoms with van der Waals surface area (Å²) in [5.74, 6) is -0.832. The lowest BCUT2D eigenvalue weighted by atomic mass is 10.0. The molecule has 1 fully saturated rings. The molecule has 0 aliphatic carbocycles. The molecule has 6 heteroatoms. The first kappa shape index (κ1) is 14.8. The third kappa shape index (κ3) is 4.91. The monoisotopic (exact) mass is 258 g/mol. The molecule has 1 rings (SSSR count). The summed E-state index contributed by atoms with van der Waals surface area (Å²) in [6.45, 7) is 6.00. The zero-order valence-corrected chi connectivity index (χ0v) is 11.0. The summed E-state index contributed by atoms with van der Waals surface area (Å²) >= 11 is 0. The van der Waals surface area contributed by atoms with Crippen LogP contribution in [-0.4, -0.2) is 54.4 Å². The number of nitrogens with zero attached hydrogens (tertiary/aromatic N) is 1. The standard InChI is InChI=1S/C12H22N2O4/c1-3-10(6-11(15)16)7-13-12(17)14-4-5-18-9(2)8-14/h9-10H,3-8H2,1-2H3,(H,13,17)(H,15,16). The van der Waals surface area contributed by atoms with Crippen molar-refractivity contribution in [3.05, 3.63) is 0 Å². The summed E-state index contributed by atoms with van der Waals surface area (Å²) in [5, 5.41) is 11.5. The zero-order chi connectivity index (χ0) is 13.5. The molecule has 2 N–H and O–H groups in total. The van der Waals surface area contributed by atoms with Crippen LogP contribution in [0.4, 0.5) is 4.79 Å². The molecule has 18 heavy (non-hydrogen) atoms. The van der Waals surface area contributed by atoms with Gasteiger partial charge in [0.15, 0.2) is 0 Å². The average molecular weight is 258 g/mol. The van der Waals surface area contributed by atoms with E-state index in [9.17, 15) is 9.59 Å². The summed E-state index contributed by atoms with van der Waals surface area (Å²) in [4.78, 5) is 24.2. The van der Waals surface area contributed by atoms with Gasteiger partial charge in [-0.05, 0) is 12.8 Å². The van der Waals surface area contributed by atoms with Gasteiger partial charge in [-0.25, -0.2) is 4.79 Å². The number of carboxylic acids is 1. The van der Waals surface area contributed by atoms with Crippen LogP contribution in [0.5, 0.6) is 0 Å². The fourth-order valence-electron chi connectivity index (χ4n) is 1.95. The van der Waals surface area contributed by atoms with Crippen molar-refractivity contribution in [2.24, 2.45) is 5.92 Å². The van der Waals surface area contributed by atoms with Gasteiger partial charge in [0.1, 0.15) is 0 Å². The van der Waals surface area contributed by atoms with E-state index in [-0.39, 0.29) is 24.5 Å². The van der Waals surface area contributed by atoms with Gasteiger partial charge in [-0.2, -0.15) is 0 Å². The number of urea groups is 1. The zero-order valence-electron chi connectivity index (χ0n) is 11.0. The molecule has 104 valence electrons. The highest BCUT2D eigenvalue weighted by atomic mass is 16.5. The van der Waals surface area contributed by atoms with Crippen molar-refractivity contribution in [3.8, 4) is 0 Å². The first-order valence-corrected chi connectivity index (χ1v) is 6.39. The highest BCUT2D eigenvalue weighted by Gasteiger charge is 2.22. The molecule has 2 unspecified atom stereocenters. The van der Waals surface area contributed by atoms with Gasteiger partial charge in [-0.3, -0.25) is 4.79 Å². The summed E-state index contributed by atoms with van der Waals surface area (Å²) < 4.78 is 5.36. The maximum Gasteiger partial charge on any atom is 0.317 e. The third-order valence-electron chi connectivity index (χ3n) is 3.11. The van der Waals surface area contributed by atoms with E-state index in [1.165, 1.54) is 0 Å². The number of morpholine rings is 1. The quantitative estimate of drug-likeness (QED) is 0.768. The second-order valence-corrected chi connectivity index (χ2v) is 4.69. The fraction of sp³-hybridized carbons (Fsp3) is 0.833. The van der Waals surface area contributed by atoms with Gasteiger partial charge in [-0.1, -0.05) is 13.3 Å². The van der Waals surface area contributed by atoms with Crippen molar-refractivity contribution in [2.45, 2.75) is 32.8 Å². The van der Waals surface area contributed by atoms with E-state index >= 15 is 0 Å². The molecule has 2 atom stereocenters. The topological polar surface area (TPSA) is 78.9 Å². The van der Waals surface area contributed by atoms with Gasteiger partial charge in [0, 0.05) is 26.1 Å². The average Bonchev–Trinajstić information content (AvgIpc) is 2.33. The maximum absolute atomic E-state index is 11.9. The molecule has 1 heterocycles. The second kappa shape index (κ2) is 7.20. The van der Waals surface area contributed by atoms with E-state index in [2.05, 4.69) is 5.32 Å². The molecule has 1 aliphatic rings. The van der Waals surface area contributed by atoms with Gasteiger partial charge in [0.25, 0.3) is 0 Å². The number of aliphatic carboxylic acids is 1. The van der Waals surface area contributed by atoms with Crippen molar-refractivity contribution in [2.75, 3.05) is 26.2 Å². The van der Waals surface area contributed by atoms with E-state index in [1.807, 2.05) is 13.8 Å². The highest BCUT2D eigenvalue weighted by molar-refractivity contribution is 5.74. The van der Waals surface area contributed by atoms with Crippen LogP contribution in [0.15, 0.2) is 0 Å². The number of carboxylic acid groups (broad SMARTS) is 1. The summed E-state index contributed by atoms with van der Waals surface area (Å²) in [7, 11) is 0. The lowest BCUT2D eigenvalue weighted by Gasteiger charge is -2.31. The normalized spacial score (nSPS) is 21.4. The molecule has 2 amide bonds. The van der Waals surface area contributed by atoms with E-state index in [4.69, 9.17) is 9.84 Å². The van der Waals surface area contributed by atoms with Crippen LogP contribution >= 0.6 is 0 Å². The van der Waals surface area contributed by atoms with E-state index in [1.54, 1.807) is 4.90 Å². The first-order valence-electron chi connectivity index (χ1n) is 6.39.